The molecule has 0 bridgehead atoms. The lowest BCUT2D eigenvalue weighted by molar-refractivity contribution is 0.194. The summed E-state index contributed by atoms with van der Waals surface area (Å²) in [7, 11) is -8.27. The van der Waals surface area contributed by atoms with Gasteiger partial charge in [-0.15, -0.1) is 0 Å². The Hall–Kier alpha value is 0.220. The highest BCUT2D eigenvalue weighted by molar-refractivity contribution is 7.70. The molecule has 0 unspecified atom stereocenters. The summed E-state index contributed by atoms with van der Waals surface area (Å²) < 4.78 is 26.2. The van der Waals surface area contributed by atoms with E-state index in [9.17, 15) is 9.13 Å². The standard InChI is InChI=1S/C5H15NO7P2/c1-13-4-2-3-6-5(14(7,8)9)15(10,11)12/h5-6H,2-4H2,1H3,(H2,7,8,9)(H2,10,11,12). The van der Waals surface area contributed by atoms with E-state index in [0.717, 1.165) is 0 Å². The Morgan fingerprint density at radius 1 is 1.20 bits per heavy atom. The summed E-state index contributed by atoms with van der Waals surface area (Å²) in [6.45, 7) is 0.386. The molecule has 0 aliphatic rings. The molecule has 0 saturated carbocycles. The largest absolute Gasteiger partial charge is 0.385 e. The molecular formula is C5H15NO7P2. The minimum absolute atomic E-state index is 0.0503. The van der Waals surface area contributed by atoms with Crippen molar-refractivity contribution in [3.63, 3.8) is 0 Å². The SMILES string of the molecule is COCCCNC(P(=O)(O)O)P(=O)(O)O. The monoisotopic (exact) mass is 263 g/mol. The molecule has 15 heavy (non-hydrogen) atoms. The fourth-order valence-corrected chi connectivity index (χ4v) is 3.18. The predicted molar refractivity (Wildman–Crippen MR) is 52.4 cm³/mol. The molecule has 0 aliphatic carbocycles. The van der Waals surface area contributed by atoms with Crippen LogP contribution in [-0.4, -0.2) is 45.4 Å². The van der Waals surface area contributed by atoms with E-state index in [4.69, 9.17) is 19.6 Å². The summed E-state index contributed by atoms with van der Waals surface area (Å²) in [6, 6.07) is 0. The number of nitrogens with one attached hydrogen (secondary N) is 1. The molecule has 0 fully saturated rings. The number of hydrogen-bond donors (Lipinski definition) is 5. The van der Waals surface area contributed by atoms with Gasteiger partial charge in [-0.2, -0.15) is 0 Å². The highest BCUT2D eigenvalue weighted by atomic mass is 31.2. The summed E-state index contributed by atoms with van der Waals surface area (Å²) in [5, 5.41) is 2.13. The van der Waals surface area contributed by atoms with Gasteiger partial charge in [0.2, 0.25) is 5.52 Å². The van der Waals surface area contributed by atoms with Gasteiger partial charge in [-0.25, -0.2) is 0 Å². The van der Waals surface area contributed by atoms with Crippen LogP contribution in [0.15, 0.2) is 0 Å². The van der Waals surface area contributed by atoms with E-state index in [2.05, 4.69) is 10.1 Å². The second kappa shape index (κ2) is 6.08. The average molecular weight is 263 g/mol. The molecule has 0 heterocycles. The molecule has 0 aromatic heterocycles. The van der Waals surface area contributed by atoms with Crippen LogP contribution in [0.25, 0.3) is 0 Å². The third-order valence-electron chi connectivity index (χ3n) is 1.49. The van der Waals surface area contributed by atoms with Crippen molar-refractivity contribution in [2.24, 2.45) is 0 Å². The fraction of sp³-hybridized carbons (Fsp3) is 1.00. The Balaban J connectivity index is 4.30. The van der Waals surface area contributed by atoms with Gasteiger partial charge >= 0.3 is 15.2 Å². The fourth-order valence-electron chi connectivity index (χ4n) is 0.881. The zero-order valence-electron chi connectivity index (χ0n) is 8.11. The molecule has 0 atom stereocenters. The third-order valence-corrected chi connectivity index (χ3v) is 4.93. The molecule has 0 rings (SSSR count). The van der Waals surface area contributed by atoms with Gasteiger partial charge in [0.15, 0.2) is 0 Å². The van der Waals surface area contributed by atoms with Crippen LogP contribution < -0.4 is 5.32 Å². The van der Waals surface area contributed by atoms with Crippen LogP contribution in [0.4, 0.5) is 0 Å². The number of methoxy groups -OCH3 is 1. The Kier molecular flexibility index (Phi) is 6.17. The number of hydrogen-bond acceptors (Lipinski definition) is 4. The first-order chi connectivity index (χ1) is 6.69. The van der Waals surface area contributed by atoms with Gasteiger partial charge in [-0.3, -0.25) is 14.4 Å². The topological polar surface area (TPSA) is 136 Å². The average Bonchev–Trinajstić information content (AvgIpc) is 1.99. The molecule has 0 saturated heterocycles. The second-order valence-corrected chi connectivity index (χ2v) is 6.65. The van der Waals surface area contributed by atoms with E-state index in [-0.39, 0.29) is 6.54 Å². The van der Waals surface area contributed by atoms with Crippen LogP contribution in [0.2, 0.25) is 0 Å². The highest BCUT2D eigenvalue weighted by Gasteiger charge is 2.42. The first-order valence-electron chi connectivity index (χ1n) is 4.02. The maximum atomic E-state index is 10.8. The number of ether oxygens (including phenoxy) is 1. The van der Waals surface area contributed by atoms with Crippen molar-refractivity contribution in [1.29, 1.82) is 0 Å². The molecule has 8 nitrogen and oxygen atoms in total. The van der Waals surface area contributed by atoms with E-state index in [1.165, 1.54) is 7.11 Å². The Bertz CT molecular complexity index is 249. The predicted octanol–water partition coefficient (Wildman–Crippen LogP) is -0.749. The molecule has 0 aliphatic heterocycles. The minimum atomic E-state index is -4.86. The summed E-state index contributed by atoms with van der Waals surface area (Å²) in [5.74, 6) is 0. The van der Waals surface area contributed by atoms with Gasteiger partial charge in [0.1, 0.15) is 0 Å². The van der Waals surface area contributed by atoms with Gasteiger partial charge in [0.05, 0.1) is 0 Å². The lowest BCUT2D eigenvalue weighted by Gasteiger charge is -2.20. The lowest BCUT2D eigenvalue weighted by atomic mass is 10.5. The first-order valence-corrected chi connectivity index (χ1v) is 7.38. The maximum absolute atomic E-state index is 10.8. The van der Waals surface area contributed by atoms with E-state index in [1.54, 1.807) is 0 Å². The van der Waals surface area contributed by atoms with Crippen LogP contribution >= 0.6 is 15.2 Å². The molecule has 5 N–H and O–H groups in total. The zero-order valence-corrected chi connectivity index (χ0v) is 9.90. The van der Waals surface area contributed by atoms with Crippen LogP contribution in [0.3, 0.4) is 0 Å². The lowest BCUT2D eigenvalue weighted by Crippen LogP contribution is -2.30. The van der Waals surface area contributed by atoms with Gasteiger partial charge in [-0.1, -0.05) is 0 Å². The van der Waals surface area contributed by atoms with Crippen molar-refractivity contribution in [2.75, 3.05) is 20.3 Å². The van der Waals surface area contributed by atoms with E-state index in [1.807, 2.05) is 0 Å². The molecule has 0 spiro atoms. The van der Waals surface area contributed by atoms with Crippen LogP contribution in [0.1, 0.15) is 6.42 Å². The second-order valence-electron chi connectivity index (χ2n) is 2.85. The molecule has 92 valence electrons. The van der Waals surface area contributed by atoms with Crippen molar-refractivity contribution >= 4 is 15.2 Å². The summed E-state index contributed by atoms with van der Waals surface area (Å²) >= 11 is 0. The zero-order chi connectivity index (χ0) is 12.1. The van der Waals surface area contributed by atoms with Crippen molar-refractivity contribution in [3.8, 4) is 0 Å². The summed E-state index contributed by atoms with van der Waals surface area (Å²) in [4.78, 5) is 34.8. The first kappa shape index (κ1) is 15.2. The number of rotatable bonds is 7. The Labute approximate surface area is 87.0 Å². The minimum Gasteiger partial charge on any atom is -0.385 e. The molecule has 10 heteroatoms. The highest BCUT2D eigenvalue weighted by Crippen LogP contribution is 2.58. The van der Waals surface area contributed by atoms with Crippen LogP contribution in [0, 0.1) is 0 Å². The Morgan fingerprint density at radius 2 is 1.67 bits per heavy atom. The summed E-state index contributed by atoms with van der Waals surface area (Å²) in [5.41, 5.74) is -2.14. The summed E-state index contributed by atoms with van der Waals surface area (Å²) in [6.07, 6.45) is 0.396. The van der Waals surface area contributed by atoms with Gasteiger partial charge in [0, 0.05) is 13.7 Å². The molecule has 0 amide bonds. The van der Waals surface area contributed by atoms with Crippen molar-refractivity contribution in [3.05, 3.63) is 0 Å². The Morgan fingerprint density at radius 3 is 2.00 bits per heavy atom. The molecule has 0 aromatic rings. The molecular weight excluding hydrogens is 248 g/mol. The molecule has 0 aromatic carbocycles. The smallest absolute Gasteiger partial charge is 0.354 e. The van der Waals surface area contributed by atoms with Crippen LogP contribution in [0.5, 0.6) is 0 Å². The third kappa shape index (κ3) is 6.40. The van der Waals surface area contributed by atoms with Crippen molar-refractivity contribution < 1.29 is 33.4 Å². The van der Waals surface area contributed by atoms with Gasteiger partial charge < -0.3 is 24.3 Å². The van der Waals surface area contributed by atoms with Gasteiger partial charge in [-0.05, 0) is 13.0 Å². The van der Waals surface area contributed by atoms with Crippen molar-refractivity contribution in [1.82, 2.24) is 5.32 Å². The maximum Gasteiger partial charge on any atom is 0.354 e. The van der Waals surface area contributed by atoms with Gasteiger partial charge in [0.25, 0.3) is 0 Å². The van der Waals surface area contributed by atoms with E-state index < -0.39 is 20.7 Å². The normalized spacial score (nSPS) is 13.5. The van der Waals surface area contributed by atoms with Crippen molar-refractivity contribution in [2.45, 2.75) is 11.9 Å². The van der Waals surface area contributed by atoms with E-state index in [0.29, 0.717) is 13.0 Å². The van der Waals surface area contributed by atoms with E-state index >= 15 is 0 Å². The van der Waals surface area contributed by atoms with Crippen LogP contribution in [-0.2, 0) is 13.9 Å². The quantitative estimate of drug-likeness (QED) is 0.299. The molecule has 0 radical (unpaired) electrons.